The lowest BCUT2D eigenvalue weighted by atomic mass is 10.1. The minimum absolute atomic E-state index is 0.0657. The third-order valence-electron chi connectivity index (χ3n) is 4.97. The van der Waals surface area contributed by atoms with Gasteiger partial charge in [0.05, 0.1) is 11.7 Å². The summed E-state index contributed by atoms with van der Waals surface area (Å²) in [5.74, 6) is 0.159. The second kappa shape index (κ2) is 11.8. The van der Waals surface area contributed by atoms with Gasteiger partial charge in [-0.3, -0.25) is 9.59 Å². The van der Waals surface area contributed by atoms with Crippen molar-refractivity contribution >= 4 is 35.1 Å². The van der Waals surface area contributed by atoms with Crippen LogP contribution in [-0.2, 0) is 14.3 Å². The Balaban J connectivity index is 1.52. The van der Waals surface area contributed by atoms with Crippen LogP contribution in [0.2, 0.25) is 0 Å². The number of esters is 1. The highest BCUT2D eigenvalue weighted by Crippen LogP contribution is 2.27. The SMILES string of the molecule is CC(C)CC(=O)Nc1ccc(C(=O)COC(=O)c2ccccc2SCC2CCCO2)cc1. The standard InChI is InChI=1S/C25H29NO5S/c1-17(2)14-24(28)26-19-11-9-18(10-12-19)22(27)15-31-25(29)21-7-3-4-8-23(21)32-16-20-6-5-13-30-20/h3-4,7-12,17,20H,5-6,13-16H2,1-2H3,(H,26,28). The molecular weight excluding hydrogens is 426 g/mol. The maximum absolute atomic E-state index is 12.6. The maximum Gasteiger partial charge on any atom is 0.339 e. The third kappa shape index (κ3) is 7.21. The number of hydrogen-bond acceptors (Lipinski definition) is 6. The summed E-state index contributed by atoms with van der Waals surface area (Å²) < 4.78 is 10.9. The van der Waals surface area contributed by atoms with Crippen LogP contribution in [0.25, 0.3) is 0 Å². The summed E-state index contributed by atoms with van der Waals surface area (Å²) in [4.78, 5) is 37.7. The van der Waals surface area contributed by atoms with Gasteiger partial charge in [-0.2, -0.15) is 0 Å². The fraction of sp³-hybridized carbons (Fsp3) is 0.400. The van der Waals surface area contributed by atoms with Crippen molar-refractivity contribution in [2.75, 3.05) is 24.3 Å². The highest BCUT2D eigenvalue weighted by Gasteiger charge is 2.19. The summed E-state index contributed by atoms with van der Waals surface area (Å²) in [6.07, 6.45) is 2.75. The number of anilines is 1. The molecule has 1 heterocycles. The second-order valence-corrected chi connectivity index (χ2v) is 9.23. The van der Waals surface area contributed by atoms with Gasteiger partial charge in [-0.1, -0.05) is 26.0 Å². The molecule has 0 aromatic heterocycles. The highest BCUT2D eigenvalue weighted by molar-refractivity contribution is 7.99. The molecule has 1 aliphatic rings. The number of nitrogens with one attached hydrogen (secondary N) is 1. The Labute approximate surface area is 193 Å². The predicted molar refractivity (Wildman–Crippen MR) is 125 cm³/mol. The van der Waals surface area contributed by atoms with Crippen molar-refractivity contribution in [1.29, 1.82) is 0 Å². The van der Waals surface area contributed by atoms with Gasteiger partial charge >= 0.3 is 5.97 Å². The van der Waals surface area contributed by atoms with Crippen molar-refractivity contribution in [2.24, 2.45) is 5.92 Å². The van der Waals surface area contributed by atoms with Gasteiger partial charge in [-0.25, -0.2) is 4.79 Å². The summed E-state index contributed by atoms with van der Waals surface area (Å²) in [6.45, 7) is 4.40. The average molecular weight is 456 g/mol. The van der Waals surface area contributed by atoms with Crippen molar-refractivity contribution < 1.29 is 23.9 Å². The van der Waals surface area contributed by atoms with Crippen molar-refractivity contribution in [2.45, 2.75) is 44.1 Å². The number of hydrogen-bond donors (Lipinski definition) is 1. The third-order valence-corrected chi connectivity index (χ3v) is 6.18. The quantitative estimate of drug-likeness (QED) is 0.309. The molecule has 6 nitrogen and oxygen atoms in total. The normalized spacial score (nSPS) is 15.5. The number of ketones is 1. The summed E-state index contributed by atoms with van der Waals surface area (Å²) in [6, 6.07) is 13.8. The van der Waals surface area contributed by atoms with Crippen molar-refractivity contribution in [3.05, 3.63) is 59.7 Å². The number of thioether (sulfide) groups is 1. The Bertz CT molecular complexity index is 936. The lowest BCUT2D eigenvalue weighted by Crippen LogP contribution is -2.16. The number of carbonyl (C=O) groups is 3. The van der Waals surface area contributed by atoms with Crippen LogP contribution in [0.1, 0.15) is 53.8 Å². The van der Waals surface area contributed by atoms with Gasteiger partial charge in [0.25, 0.3) is 0 Å². The Hall–Kier alpha value is -2.64. The molecule has 3 rings (SSSR count). The number of rotatable bonds is 10. The summed E-state index contributed by atoms with van der Waals surface area (Å²) in [7, 11) is 0. The molecule has 1 aliphatic heterocycles. The zero-order valence-electron chi connectivity index (χ0n) is 18.5. The maximum atomic E-state index is 12.6. The summed E-state index contributed by atoms with van der Waals surface area (Å²) in [5, 5.41) is 2.80. The molecule has 0 radical (unpaired) electrons. The fourth-order valence-corrected chi connectivity index (χ4v) is 4.44. The zero-order valence-corrected chi connectivity index (χ0v) is 19.3. The zero-order chi connectivity index (χ0) is 22.9. The lowest BCUT2D eigenvalue weighted by molar-refractivity contribution is -0.116. The second-order valence-electron chi connectivity index (χ2n) is 8.16. The lowest BCUT2D eigenvalue weighted by Gasteiger charge is -2.12. The van der Waals surface area contributed by atoms with Gasteiger partial charge in [0.15, 0.2) is 12.4 Å². The van der Waals surface area contributed by atoms with Crippen LogP contribution < -0.4 is 5.32 Å². The molecule has 1 N–H and O–H groups in total. The van der Waals surface area contributed by atoms with Crippen molar-refractivity contribution in [3.63, 3.8) is 0 Å². The van der Waals surface area contributed by atoms with E-state index in [1.807, 2.05) is 26.0 Å². The van der Waals surface area contributed by atoms with Gasteiger partial charge in [0.2, 0.25) is 5.91 Å². The molecule has 0 aliphatic carbocycles. The van der Waals surface area contributed by atoms with Crippen LogP contribution in [-0.4, -0.2) is 42.7 Å². The van der Waals surface area contributed by atoms with E-state index in [4.69, 9.17) is 9.47 Å². The predicted octanol–water partition coefficient (Wildman–Crippen LogP) is 4.98. The Kier molecular flexibility index (Phi) is 8.88. The van der Waals surface area contributed by atoms with E-state index in [9.17, 15) is 14.4 Å². The van der Waals surface area contributed by atoms with Gasteiger partial charge in [-0.05, 0) is 55.2 Å². The molecule has 2 aromatic rings. The Morgan fingerprint density at radius 3 is 2.56 bits per heavy atom. The van der Waals surface area contributed by atoms with E-state index >= 15 is 0 Å². The van der Waals surface area contributed by atoms with Crippen LogP contribution in [0.15, 0.2) is 53.4 Å². The number of amides is 1. The van der Waals surface area contributed by atoms with Gasteiger partial charge in [-0.15, -0.1) is 11.8 Å². The van der Waals surface area contributed by atoms with E-state index in [1.165, 1.54) is 0 Å². The van der Waals surface area contributed by atoms with Gasteiger partial charge in [0.1, 0.15) is 0 Å². The molecule has 7 heteroatoms. The van der Waals surface area contributed by atoms with E-state index in [2.05, 4.69) is 5.32 Å². The van der Waals surface area contributed by atoms with E-state index in [0.29, 0.717) is 23.2 Å². The fourth-order valence-electron chi connectivity index (χ4n) is 3.33. The van der Waals surface area contributed by atoms with E-state index in [1.54, 1.807) is 48.2 Å². The molecule has 170 valence electrons. The number of ether oxygens (including phenoxy) is 2. The van der Waals surface area contributed by atoms with Gasteiger partial charge in [0, 0.05) is 34.9 Å². The number of benzene rings is 2. The molecule has 0 saturated carbocycles. The minimum atomic E-state index is -0.522. The minimum Gasteiger partial charge on any atom is -0.454 e. The number of Topliss-reactive ketones (excluding diaryl/α,β-unsaturated/α-hetero) is 1. The summed E-state index contributed by atoms with van der Waals surface area (Å²) >= 11 is 1.57. The van der Waals surface area contributed by atoms with Crippen LogP contribution in [0.5, 0.6) is 0 Å². The molecule has 1 amide bonds. The molecule has 0 spiro atoms. The molecule has 1 saturated heterocycles. The van der Waals surface area contributed by atoms with Crippen LogP contribution in [0.3, 0.4) is 0 Å². The first-order chi connectivity index (χ1) is 15.4. The van der Waals surface area contributed by atoms with Crippen LogP contribution >= 0.6 is 11.8 Å². The molecule has 32 heavy (non-hydrogen) atoms. The monoisotopic (exact) mass is 455 g/mol. The van der Waals surface area contributed by atoms with Crippen molar-refractivity contribution in [1.82, 2.24) is 0 Å². The molecule has 1 atom stereocenters. The topological polar surface area (TPSA) is 81.7 Å². The average Bonchev–Trinajstić information content (AvgIpc) is 3.29. The molecule has 0 bridgehead atoms. The van der Waals surface area contributed by atoms with Crippen LogP contribution in [0, 0.1) is 5.92 Å². The molecule has 1 fully saturated rings. The molecular formula is C25H29NO5S. The first kappa shape index (κ1) is 24.0. The van der Waals surface area contributed by atoms with E-state index in [0.717, 1.165) is 30.1 Å². The molecule has 1 unspecified atom stereocenters. The first-order valence-corrected chi connectivity index (χ1v) is 11.8. The summed E-state index contributed by atoms with van der Waals surface area (Å²) in [5.41, 5.74) is 1.49. The van der Waals surface area contributed by atoms with Crippen LogP contribution in [0.4, 0.5) is 5.69 Å². The number of carbonyl (C=O) groups excluding carboxylic acids is 3. The Morgan fingerprint density at radius 2 is 1.88 bits per heavy atom. The van der Waals surface area contributed by atoms with Gasteiger partial charge < -0.3 is 14.8 Å². The smallest absolute Gasteiger partial charge is 0.339 e. The first-order valence-electron chi connectivity index (χ1n) is 10.9. The largest absolute Gasteiger partial charge is 0.454 e. The van der Waals surface area contributed by atoms with E-state index < -0.39 is 5.97 Å². The molecule has 2 aromatic carbocycles. The van der Waals surface area contributed by atoms with Crippen molar-refractivity contribution in [3.8, 4) is 0 Å². The van der Waals surface area contributed by atoms with E-state index in [-0.39, 0.29) is 30.3 Å². The highest BCUT2D eigenvalue weighted by atomic mass is 32.2. The Morgan fingerprint density at radius 1 is 1.12 bits per heavy atom.